The van der Waals surface area contributed by atoms with Crippen LogP contribution in [0.1, 0.15) is 20.8 Å². The summed E-state index contributed by atoms with van der Waals surface area (Å²) >= 11 is 0. The Morgan fingerprint density at radius 1 is 1.50 bits per heavy atom. The van der Waals surface area contributed by atoms with Crippen molar-refractivity contribution in [2.75, 3.05) is 13.2 Å². The van der Waals surface area contributed by atoms with Crippen molar-refractivity contribution in [2.45, 2.75) is 38.6 Å². The lowest BCUT2D eigenvalue weighted by Crippen LogP contribution is -2.52. The molecule has 0 aromatic carbocycles. The second-order valence-electron chi connectivity index (χ2n) is 3.95. The monoisotopic (exact) mass is 203 g/mol. The Morgan fingerprint density at radius 2 is 2.00 bits per heavy atom. The quantitative estimate of drug-likeness (QED) is 0.686. The van der Waals surface area contributed by atoms with Gasteiger partial charge in [0, 0.05) is 0 Å². The van der Waals surface area contributed by atoms with Gasteiger partial charge in [-0.2, -0.15) is 0 Å². The average Bonchev–Trinajstić information content (AvgIpc) is 2.08. The van der Waals surface area contributed by atoms with Gasteiger partial charge in [0.25, 0.3) is 0 Å². The van der Waals surface area contributed by atoms with E-state index in [1.165, 1.54) is 0 Å². The Hall–Kier alpha value is -0.650. The molecule has 0 aromatic rings. The van der Waals surface area contributed by atoms with E-state index in [-0.39, 0.29) is 6.04 Å². The van der Waals surface area contributed by atoms with Crippen LogP contribution in [0.5, 0.6) is 0 Å². The largest absolute Gasteiger partial charge is 0.480 e. The molecular weight excluding hydrogens is 186 g/mol. The van der Waals surface area contributed by atoms with E-state index in [0.717, 1.165) is 0 Å². The molecule has 5 heteroatoms. The fraction of sp³-hybridized carbons (Fsp3) is 0.889. The molecule has 0 radical (unpaired) electrons. The minimum atomic E-state index is -0.866. The number of hydrogen-bond acceptors (Lipinski definition) is 4. The predicted molar refractivity (Wildman–Crippen MR) is 50.0 cm³/mol. The number of carboxylic acid groups (broad SMARTS) is 1. The number of carbonyl (C=O) groups is 1. The molecule has 1 rings (SSSR count). The molecular formula is C9H17NO4. The van der Waals surface area contributed by atoms with Crippen molar-refractivity contribution in [1.82, 2.24) is 5.32 Å². The summed E-state index contributed by atoms with van der Waals surface area (Å²) in [6.45, 7) is 6.23. The minimum absolute atomic E-state index is 0.0471. The van der Waals surface area contributed by atoms with Crippen LogP contribution in [-0.4, -0.2) is 42.2 Å². The van der Waals surface area contributed by atoms with Gasteiger partial charge in [0.15, 0.2) is 5.79 Å². The normalized spacial score (nSPS) is 24.5. The van der Waals surface area contributed by atoms with Gasteiger partial charge in [-0.05, 0) is 20.8 Å². The van der Waals surface area contributed by atoms with E-state index in [0.29, 0.717) is 13.2 Å². The molecule has 82 valence electrons. The summed E-state index contributed by atoms with van der Waals surface area (Å²) in [4.78, 5) is 10.6. The van der Waals surface area contributed by atoms with Crippen LogP contribution in [0.15, 0.2) is 0 Å². The molecule has 1 aliphatic rings. The van der Waals surface area contributed by atoms with Gasteiger partial charge in [-0.1, -0.05) is 0 Å². The maximum Gasteiger partial charge on any atom is 0.320 e. The Balaban J connectivity index is 2.32. The van der Waals surface area contributed by atoms with Crippen molar-refractivity contribution < 1.29 is 19.4 Å². The highest BCUT2D eigenvalue weighted by molar-refractivity contribution is 5.72. The molecule has 0 spiro atoms. The van der Waals surface area contributed by atoms with E-state index in [2.05, 4.69) is 5.32 Å². The third-order valence-electron chi connectivity index (χ3n) is 2.12. The van der Waals surface area contributed by atoms with Crippen LogP contribution in [0, 0.1) is 0 Å². The van der Waals surface area contributed by atoms with Crippen LogP contribution in [0.4, 0.5) is 0 Å². The maximum absolute atomic E-state index is 10.6. The van der Waals surface area contributed by atoms with Crippen LogP contribution in [-0.2, 0) is 14.3 Å². The van der Waals surface area contributed by atoms with Crippen LogP contribution in [0.3, 0.4) is 0 Å². The second kappa shape index (κ2) is 4.25. The summed E-state index contributed by atoms with van der Waals surface area (Å²) in [5.74, 6) is -1.42. The Morgan fingerprint density at radius 3 is 2.43 bits per heavy atom. The first-order chi connectivity index (χ1) is 6.41. The fourth-order valence-electron chi connectivity index (χ4n) is 1.21. The topological polar surface area (TPSA) is 67.8 Å². The van der Waals surface area contributed by atoms with Gasteiger partial charge in [-0.15, -0.1) is 0 Å². The molecule has 1 heterocycles. The third-order valence-corrected chi connectivity index (χ3v) is 2.12. The smallest absolute Gasteiger partial charge is 0.320 e. The molecule has 1 fully saturated rings. The lowest BCUT2D eigenvalue weighted by atomic mass is 10.2. The summed E-state index contributed by atoms with van der Waals surface area (Å²) < 4.78 is 10.8. The summed E-state index contributed by atoms with van der Waals surface area (Å²) in [5, 5.41) is 11.6. The average molecular weight is 203 g/mol. The zero-order valence-electron chi connectivity index (χ0n) is 8.74. The maximum atomic E-state index is 10.6. The van der Waals surface area contributed by atoms with Gasteiger partial charge in [0.1, 0.15) is 6.04 Å². The molecule has 1 atom stereocenters. The number of nitrogens with one attached hydrogen (secondary N) is 1. The van der Waals surface area contributed by atoms with Crippen molar-refractivity contribution in [1.29, 1.82) is 0 Å². The zero-order valence-corrected chi connectivity index (χ0v) is 8.74. The van der Waals surface area contributed by atoms with Gasteiger partial charge < -0.3 is 14.6 Å². The molecule has 0 aromatic heterocycles. The molecule has 1 saturated heterocycles. The van der Waals surface area contributed by atoms with Crippen LogP contribution in [0.25, 0.3) is 0 Å². The molecule has 1 aliphatic heterocycles. The van der Waals surface area contributed by atoms with Gasteiger partial charge >= 0.3 is 5.97 Å². The fourth-order valence-corrected chi connectivity index (χ4v) is 1.21. The van der Waals surface area contributed by atoms with Gasteiger partial charge in [0.05, 0.1) is 19.3 Å². The van der Waals surface area contributed by atoms with Crippen LogP contribution >= 0.6 is 0 Å². The molecule has 14 heavy (non-hydrogen) atoms. The number of aliphatic carboxylic acids is 1. The standard InChI is InChI=1S/C9H17NO4/c1-6(8(11)12)10-7-4-13-9(2,3)14-5-7/h6-7,10H,4-5H2,1-3H3,(H,11,12)/t6-/m0/s1. The number of rotatable bonds is 3. The van der Waals surface area contributed by atoms with Crippen molar-refractivity contribution in [2.24, 2.45) is 0 Å². The molecule has 0 amide bonds. The summed E-state index contributed by atoms with van der Waals surface area (Å²) in [6.07, 6.45) is 0. The first-order valence-electron chi connectivity index (χ1n) is 4.67. The second-order valence-corrected chi connectivity index (χ2v) is 3.95. The minimum Gasteiger partial charge on any atom is -0.480 e. The van der Waals surface area contributed by atoms with Crippen molar-refractivity contribution in [3.8, 4) is 0 Å². The predicted octanol–water partition coefficient (Wildman–Crippen LogP) is 0.201. The van der Waals surface area contributed by atoms with E-state index in [9.17, 15) is 4.79 Å². The highest BCUT2D eigenvalue weighted by Crippen LogP contribution is 2.16. The number of ether oxygens (including phenoxy) is 2. The van der Waals surface area contributed by atoms with Crippen LogP contribution in [0.2, 0.25) is 0 Å². The lowest BCUT2D eigenvalue weighted by Gasteiger charge is -2.35. The number of hydrogen-bond donors (Lipinski definition) is 2. The number of carboxylic acids is 1. The van der Waals surface area contributed by atoms with E-state index < -0.39 is 17.8 Å². The Bertz CT molecular complexity index is 207. The molecule has 0 saturated carbocycles. The van der Waals surface area contributed by atoms with Crippen LogP contribution < -0.4 is 5.32 Å². The Kier molecular flexibility index (Phi) is 3.47. The van der Waals surface area contributed by atoms with Gasteiger partial charge in [-0.25, -0.2) is 0 Å². The van der Waals surface area contributed by atoms with Crippen molar-refractivity contribution in [3.05, 3.63) is 0 Å². The first-order valence-corrected chi connectivity index (χ1v) is 4.67. The highest BCUT2D eigenvalue weighted by Gasteiger charge is 2.29. The molecule has 0 bridgehead atoms. The highest BCUT2D eigenvalue weighted by atomic mass is 16.7. The summed E-state index contributed by atoms with van der Waals surface area (Å²) in [7, 11) is 0. The summed E-state index contributed by atoms with van der Waals surface area (Å²) in [5.41, 5.74) is 0. The van der Waals surface area contributed by atoms with E-state index in [1.807, 2.05) is 13.8 Å². The van der Waals surface area contributed by atoms with Gasteiger partial charge in [0.2, 0.25) is 0 Å². The summed E-state index contributed by atoms with van der Waals surface area (Å²) in [6, 6.07) is -0.623. The van der Waals surface area contributed by atoms with Crippen molar-refractivity contribution >= 4 is 5.97 Å². The molecule has 0 aliphatic carbocycles. The SMILES string of the molecule is C[C@H](NC1COC(C)(C)OC1)C(=O)O. The first kappa shape index (κ1) is 11.4. The van der Waals surface area contributed by atoms with E-state index in [4.69, 9.17) is 14.6 Å². The Labute approximate surface area is 83.4 Å². The molecule has 2 N–H and O–H groups in total. The molecule has 0 unspecified atom stereocenters. The van der Waals surface area contributed by atoms with Crippen molar-refractivity contribution in [3.63, 3.8) is 0 Å². The van der Waals surface area contributed by atoms with Gasteiger partial charge in [-0.3, -0.25) is 10.1 Å². The third kappa shape index (κ3) is 3.25. The zero-order chi connectivity index (χ0) is 10.8. The van der Waals surface area contributed by atoms with E-state index in [1.54, 1.807) is 6.92 Å². The lowest BCUT2D eigenvalue weighted by molar-refractivity contribution is -0.253. The molecule has 5 nitrogen and oxygen atoms in total. The van der Waals surface area contributed by atoms with E-state index >= 15 is 0 Å².